The molecule has 1 amide bonds. The molecule has 10 nitrogen and oxygen atoms in total. The Bertz CT molecular complexity index is 1080. The topological polar surface area (TPSA) is 149 Å². The quantitative estimate of drug-likeness (QED) is 0.269. The van der Waals surface area contributed by atoms with Crippen LogP contribution in [0.15, 0.2) is 41.7 Å². The van der Waals surface area contributed by atoms with Crippen molar-refractivity contribution in [2.24, 2.45) is 10.7 Å². The molecule has 3 rings (SSSR count). The molecule has 1 aromatic carbocycles. The normalized spacial score (nSPS) is 11.4. The molecule has 0 aliphatic heterocycles. The maximum Gasteiger partial charge on any atom is 0.296 e. The maximum absolute atomic E-state index is 12.1. The lowest BCUT2D eigenvalue weighted by Crippen LogP contribution is -2.28. The predicted molar refractivity (Wildman–Crippen MR) is 99.3 cm³/mol. The summed E-state index contributed by atoms with van der Waals surface area (Å²) in [6, 6.07) is 5.91. The summed E-state index contributed by atoms with van der Waals surface area (Å²) in [5.74, 6) is -0.103. The summed E-state index contributed by atoms with van der Waals surface area (Å²) in [7, 11) is 1.54. The Morgan fingerprint density at radius 2 is 2.11 bits per heavy atom. The number of aromatic nitrogens is 2. The fourth-order valence-electron chi connectivity index (χ4n) is 2.27. The minimum atomic E-state index is -0.573. The number of hydrogen-bond donors (Lipinski definition) is 3. The van der Waals surface area contributed by atoms with E-state index in [2.05, 4.69) is 20.3 Å². The van der Waals surface area contributed by atoms with Crippen molar-refractivity contribution in [3.05, 3.63) is 57.5 Å². The number of aromatic amines is 1. The highest BCUT2D eigenvalue weighted by molar-refractivity contribution is 6.35. The zero-order chi connectivity index (χ0) is 19.6. The number of benzene rings is 1. The van der Waals surface area contributed by atoms with E-state index in [0.717, 1.165) is 6.20 Å². The number of carbonyl (C=O) groups excluding carboxylic acids is 1. The smallest absolute Gasteiger partial charge is 0.296 e. The third-order valence-electron chi connectivity index (χ3n) is 3.51. The van der Waals surface area contributed by atoms with Gasteiger partial charge in [0, 0.05) is 24.6 Å². The molecular formula is C16H13ClN6O4. The van der Waals surface area contributed by atoms with Crippen molar-refractivity contribution in [2.45, 2.75) is 0 Å². The zero-order valence-electron chi connectivity index (χ0n) is 13.9. The molecule has 0 bridgehead atoms. The van der Waals surface area contributed by atoms with E-state index in [0.29, 0.717) is 21.7 Å². The van der Waals surface area contributed by atoms with Crippen molar-refractivity contribution in [3.63, 3.8) is 0 Å². The predicted octanol–water partition coefficient (Wildman–Crippen LogP) is 2.59. The van der Waals surface area contributed by atoms with Gasteiger partial charge in [-0.25, -0.2) is 0 Å². The summed E-state index contributed by atoms with van der Waals surface area (Å²) >= 11 is 6.25. The zero-order valence-corrected chi connectivity index (χ0v) is 14.6. The Morgan fingerprint density at radius 3 is 2.81 bits per heavy atom. The first-order valence-electron chi connectivity index (χ1n) is 7.53. The van der Waals surface area contributed by atoms with Crippen molar-refractivity contribution < 1.29 is 14.5 Å². The van der Waals surface area contributed by atoms with Crippen LogP contribution in [0.4, 0.5) is 5.69 Å². The molecular weight excluding hydrogens is 376 g/mol. The van der Waals surface area contributed by atoms with E-state index in [4.69, 9.17) is 22.1 Å². The molecule has 0 spiro atoms. The van der Waals surface area contributed by atoms with Crippen molar-refractivity contribution in [1.29, 1.82) is 0 Å². The second-order valence-corrected chi connectivity index (χ2v) is 5.75. The number of halogens is 1. The minimum Gasteiger partial charge on any atom is -0.455 e. The lowest BCUT2D eigenvalue weighted by molar-refractivity contribution is -0.385. The number of nitrogens with two attached hydrogens (primary N) is 1. The highest BCUT2D eigenvalue weighted by Gasteiger charge is 2.14. The van der Waals surface area contributed by atoms with Gasteiger partial charge in [-0.1, -0.05) is 11.6 Å². The molecule has 0 atom stereocenters. The number of nitro groups is 1. The van der Waals surface area contributed by atoms with Gasteiger partial charge in [0.25, 0.3) is 11.6 Å². The molecule has 3 aromatic rings. The van der Waals surface area contributed by atoms with Gasteiger partial charge in [0.15, 0.2) is 11.7 Å². The van der Waals surface area contributed by atoms with Gasteiger partial charge in [-0.05, 0) is 6.07 Å². The Balaban J connectivity index is 1.94. The van der Waals surface area contributed by atoms with Crippen LogP contribution in [0.5, 0.6) is 11.5 Å². The third-order valence-corrected chi connectivity index (χ3v) is 3.83. The van der Waals surface area contributed by atoms with Crippen molar-refractivity contribution in [2.75, 3.05) is 7.05 Å². The molecule has 0 unspecified atom stereocenters. The number of fused-ring (bicyclic) bond motifs is 1. The van der Waals surface area contributed by atoms with E-state index < -0.39 is 10.8 Å². The fraction of sp³-hybridized carbons (Fsp3) is 0.0625. The first kappa shape index (κ1) is 18.1. The van der Waals surface area contributed by atoms with E-state index in [9.17, 15) is 14.9 Å². The van der Waals surface area contributed by atoms with Gasteiger partial charge in [-0.3, -0.25) is 19.9 Å². The van der Waals surface area contributed by atoms with Crippen LogP contribution in [0, 0.1) is 10.1 Å². The van der Waals surface area contributed by atoms with Crippen LogP contribution in [-0.4, -0.2) is 33.8 Å². The molecule has 4 N–H and O–H groups in total. The molecule has 138 valence electrons. The van der Waals surface area contributed by atoms with Crippen molar-refractivity contribution in [3.8, 4) is 11.5 Å². The summed E-state index contributed by atoms with van der Waals surface area (Å²) < 4.78 is 5.60. The molecule has 0 fully saturated rings. The second kappa shape index (κ2) is 7.30. The van der Waals surface area contributed by atoms with E-state index >= 15 is 0 Å². The molecule has 0 saturated carbocycles. The van der Waals surface area contributed by atoms with Crippen LogP contribution < -0.4 is 15.8 Å². The molecule has 11 heteroatoms. The van der Waals surface area contributed by atoms with E-state index in [1.807, 2.05) is 0 Å². The molecule has 0 aliphatic rings. The van der Waals surface area contributed by atoms with Crippen LogP contribution in [-0.2, 0) is 0 Å². The Morgan fingerprint density at radius 1 is 1.33 bits per heavy atom. The number of nitrogens with one attached hydrogen (secondary N) is 2. The number of H-pyrrole nitrogens is 1. The van der Waals surface area contributed by atoms with E-state index in [1.165, 1.54) is 18.3 Å². The highest BCUT2D eigenvalue weighted by atomic mass is 35.5. The maximum atomic E-state index is 12.1. The Hall–Kier alpha value is -3.66. The standard InChI is InChI=1S/C16H13ClN6O4/c1-19-16(18)22-15(24)14-5-11-12(17)3-9(4-13(11)21-14)27-10-2-8(23(25)26)6-20-7-10/h2-7,21H,1H3,(H3,18,19,22,24). The monoisotopic (exact) mass is 388 g/mol. The van der Waals surface area contributed by atoms with Crippen LogP contribution in [0.25, 0.3) is 10.9 Å². The van der Waals surface area contributed by atoms with E-state index in [-0.39, 0.29) is 23.1 Å². The van der Waals surface area contributed by atoms with Gasteiger partial charge in [0.1, 0.15) is 17.6 Å². The van der Waals surface area contributed by atoms with Gasteiger partial charge >= 0.3 is 0 Å². The Kier molecular flexibility index (Phi) is 4.90. The molecule has 27 heavy (non-hydrogen) atoms. The number of pyridine rings is 1. The molecule has 0 radical (unpaired) electrons. The number of hydrogen-bond acceptors (Lipinski definition) is 5. The van der Waals surface area contributed by atoms with Crippen molar-refractivity contribution >= 4 is 40.1 Å². The molecule has 2 heterocycles. The van der Waals surface area contributed by atoms with Crippen LogP contribution in [0.1, 0.15) is 10.5 Å². The molecule has 2 aromatic heterocycles. The number of ether oxygens (including phenoxy) is 1. The minimum absolute atomic E-state index is 0.0213. The molecule has 0 aliphatic carbocycles. The SMILES string of the molecule is CNC(N)=NC(=O)c1cc2c(Cl)cc(Oc3cncc([N+](=O)[O-])c3)cc2[nH]1. The molecule has 0 saturated heterocycles. The van der Waals surface area contributed by atoms with Gasteiger partial charge in [-0.15, -0.1) is 0 Å². The highest BCUT2D eigenvalue weighted by Crippen LogP contribution is 2.32. The van der Waals surface area contributed by atoms with Crippen molar-refractivity contribution in [1.82, 2.24) is 15.3 Å². The number of guanidine groups is 1. The number of rotatable bonds is 4. The number of amides is 1. The summed E-state index contributed by atoms with van der Waals surface area (Å²) in [6.07, 6.45) is 2.45. The first-order valence-corrected chi connectivity index (χ1v) is 7.91. The number of aliphatic imine (C=N–C) groups is 1. The van der Waals surface area contributed by atoms with Gasteiger partial charge in [0.05, 0.1) is 27.7 Å². The lowest BCUT2D eigenvalue weighted by Gasteiger charge is -2.06. The Labute approximate surface area is 157 Å². The van der Waals surface area contributed by atoms with Gasteiger partial charge < -0.3 is 20.8 Å². The summed E-state index contributed by atoms with van der Waals surface area (Å²) in [4.78, 5) is 32.7. The van der Waals surface area contributed by atoms with Gasteiger partial charge in [-0.2, -0.15) is 4.99 Å². The average molecular weight is 389 g/mol. The second-order valence-electron chi connectivity index (χ2n) is 5.34. The fourth-order valence-corrected chi connectivity index (χ4v) is 2.53. The van der Waals surface area contributed by atoms with Crippen LogP contribution >= 0.6 is 11.6 Å². The van der Waals surface area contributed by atoms with Crippen LogP contribution in [0.2, 0.25) is 5.02 Å². The summed E-state index contributed by atoms with van der Waals surface area (Å²) in [5, 5.41) is 14.3. The van der Waals surface area contributed by atoms with Gasteiger partial charge in [0.2, 0.25) is 0 Å². The number of nitrogens with zero attached hydrogens (tertiary/aromatic N) is 3. The third kappa shape index (κ3) is 3.96. The van der Waals surface area contributed by atoms with E-state index in [1.54, 1.807) is 19.2 Å². The lowest BCUT2D eigenvalue weighted by atomic mass is 10.2. The largest absolute Gasteiger partial charge is 0.455 e. The average Bonchev–Trinajstić information content (AvgIpc) is 3.06. The first-order chi connectivity index (χ1) is 12.9. The number of carbonyl (C=O) groups is 1. The van der Waals surface area contributed by atoms with Crippen LogP contribution in [0.3, 0.4) is 0 Å². The summed E-state index contributed by atoms with van der Waals surface area (Å²) in [6.45, 7) is 0. The summed E-state index contributed by atoms with van der Waals surface area (Å²) in [5.41, 5.74) is 6.00.